The van der Waals surface area contributed by atoms with Gasteiger partial charge in [0.25, 0.3) is 0 Å². The second-order valence-corrected chi connectivity index (χ2v) is 2.13. The van der Waals surface area contributed by atoms with Gasteiger partial charge in [-0.3, -0.25) is 0 Å². The van der Waals surface area contributed by atoms with E-state index in [4.69, 9.17) is 0 Å². The van der Waals surface area contributed by atoms with Gasteiger partial charge in [-0.15, -0.1) is 0 Å². The van der Waals surface area contributed by atoms with Crippen LogP contribution >= 0.6 is 0 Å². The van der Waals surface area contributed by atoms with E-state index in [2.05, 4.69) is 18.1 Å². The Balaban J connectivity index is 4.06. The van der Waals surface area contributed by atoms with Gasteiger partial charge in [0.1, 0.15) is 14.1 Å². The number of hydrogen-bond acceptors (Lipinski definition) is 0. The van der Waals surface area contributed by atoms with Crippen LogP contribution in [0.3, 0.4) is 0 Å². The lowest BCUT2D eigenvalue weighted by molar-refractivity contribution is -0.464. The van der Waals surface area contributed by atoms with E-state index in [-0.39, 0.29) is 0 Å². The van der Waals surface area contributed by atoms with Gasteiger partial charge in [0.15, 0.2) is 5.71 Å². The van der Waals surface area contributed by atoms with Crippen LogP contribution < -0.4 is 0 Å². The maximum atomic E-state index is 3.57. The Bertz CT molecular complexity index is 148. The predicted octanol–water partition coefficient (Wildman–Crippen LogP) is 1.46. The molecule has 0 aromatic rings. The lowest BCUT2D eigenvalue weighted by atomic mass is 10.3. The molecule has 0 fully saturated rings. The first-order valence-corrected chi connectivity index (χ1v) is 2.98. The molecule has 0 saturated carbocycles. The Labute approximate surface area is 57.0 Å². The molecule has 0 aromatic heterocycles. The predicted molar refractivity (Wildman–Crippen MR) is 42.1 cm³/mol. The highest BCUT2D eigenvalue weighted by molar-refractivity contribution is 5.88. The van der Waals surface area contributed by atoms with Gasteiger partial charge in [-0.25, -0.2) is 4.58 Å². The highest BCUT2D eigenvalue weighted by atomic mass is 14.9. The van der Waals surface area contributed by atoms with Gasteiger partial charge in [-0.1, -0.05) is 18.7 Å². The van der Waals surface area contributed by atoms with E-state index in [1.165, 1.54) is 5.71 Å². The average Bonchev–Trinajstić information content (AvgIpc) is 1.82. The largest absolute Gasteiger partial charge is 0.239 e. The van der Waals surface area contributed by atoms with Crippen LogP contribution in [0.2, 0.25) is 0 Å². The lowest BCUT2D eigenvalue weighted by Crippen LogP contribution is -2.05. The SMILES string of the molecule is C=C/C=C\C(C)=[N+](C)C. The minimum absolute atomic E-state index is 1.23. The molecule has 0 amide bonds. The third-order valence-electron chi connectivity index (χ3n) is 1.18. The molecule has 0 spiro atoms. The summed E-state index contributed by atoms with van der Waals surface area (Å²) in [7, 11) is 4.03. The molecule has 9 heavy (non-hydrogen) atoms. The second kappa shape index (κ2) is 4.07. The molecule has 50 valence electrons. The zero-order valence-electron chi connectivity index (χ0n) is 6.39. The molecule has 1 heteroatoms. The summed E-state index contributed by atoms with van der Waals surface area (Å²) in [5.41, 5.74) is 1.23. The summed E-state index contributed by atoms with van der Waals surface area (Å²) in [4.78, 5) is 0. The summed E-state index contributed by atoms with van der Waals surface area (Å²) in [6, 6.07) is 0. The second-order valence-electron chi connectivity index (χ2n) is 2.13. The summed E-state index contributed by atoms with van der Waals surface area (Å²) in [6.45, 7) is 5.63. The Hall–Kier alpha value is -0.850. The Kier molecular flexibility index (Phi) is 3.69. The molecule has 0 atom stereocenters. The van der Waals surface area contributed by atoms with Crippen molar-refractivity contribution in [1.29, 1.82) is 0 Å². The molecular formula is C8H14N+. The Morgan fingerprint density at radius 2 is 2.00 bits per heavy atom. The molecule has 0 aliphatic rings. The van der Waals surface area contributed by atoms with Crippen molar-refractivity contribution in [1.82, 2.24) is 0 Å². The van der Waals surface area contributed by atoms with Crippen LogP contribution in [-0.2, 0) is 0 Å². The van der Waals surface area contributed by atoms with Crippen molar-refractivity contribution < 1.29 is 4.58 Å². The van der Waals surface area contributed by atoms with Gasteiger partial charge in [0.05, 0.1) is 0 Å². The molecule has 0 aromatic carbocycles. The fourth-order valence-corrected chi connectivity index (χ4v) is 0.356. The van der Waals surface area contributed by atoms with E-state index < -0.39 is 0 Å². The summed E-state index contributed by atoms with van der Waals surface area (Å²) in [6.07, 6.45) is 5.72. The third kappa shape index (κ3) is 3.71. The standard InChI is InChI=1S/C8H14N/c1-5-6-7-8(2)9(3)4/h5-7H,1H2,2-4H3/q+1/b7-6-. The van der Waals surface area contributed by atoms with Crippen molar-refractivity contribution in [3.8, 4) is 0 Å². The zero-order valence-corrected chi connectivity index (χ0v) is 6.39. The molecule has 0 saturated heterocycles. The quantitative estimate of drug-likeness (QED) is 0.298. The average molecular weight is 124 g/mol. The third-order valence-corrected chi connectivity index (χ3v) is 1.18. The van der Waals surface area contributed by atoms with Crippen molar-refractivity contribution in [2.75, 3.05) is 14.1 Å². The van der Waals surface area contributed by atoms with Crippen molar-refractivity contribution in [3.63, 3.8) is 0 Å². The fourth-order valence-electron chi connectivity index (χ4n) is 0.356. The number of rotatable bonds is 2. The topological polar surface area (TPSA) is 3.01 Å². The minimum atomic E-state index is 1.23. The summed E-state index contributed by atoms with van der Waals surface area (Å²) >= 11 is 0. The van der Waals surface area contributed by atoms with Gasteiger partial charge in [-0.05, 0) is 0 Å². The lowest BCUT2D eigenvalue weighted by Gasteiger charge is -1.86. The first-order valence-electron chi connectivity index (χ1n) is 2.98. The highest BCUT2D eigenvalue weighted by Crippen LogP contribution is 1.77. The first-order chi connectivity index (χ1) is 4.18. The Morgan fingerprint density at radius 1 is 1.44 bits per heavy atom. The monoisotopic (exact) mass is 124 g/mol. The van der Waals surface area contributed by atoms with E-state index >= 15 is 0 Å². The van der Waals surface area contributed by atoms with Gasteiger partial charge >= 0.3 is 0 Å². The maximum absolute atomic E-state index is 3.57. The van der Waals surface area contributed by atoms with Crippen molar-refractivity contribution in [2.45, 2.75) is 6.92 Å². The highest BCUT2D eigenvalue weighted by Gasteiger charge is 1.89. The van der Waals surface area contributed by atoms with E-state index in [1.807, 2.05) is 26.2 Å². The van der Waals surface area contributed by atoms with Gasteiger partial charge in [-0.2, -0.15) is 0 Å². The molecule has 0 heterocycles. The van der Waals surface area contributed by atoms with E-state index in [0.29, 0.717) is 0 Å². The molecule has 0 radical (unpaired) electrons. The molecule has 0 bridgehead atoms. The van der Waals surface area contributed by atoms with Crippen molar-refractivity contribution >= 4 is 5.71 Å². The van der Waals surface area contributed by atoms with E-state index in [9.17, 15) is 0 Å². The van der Waals surface area contributed by atoms with Crippen LogP contribution in [-0.4, -0.2) is 24.4 Å². The van der Waals surface area contributed by atoms with Crippen molar-refractivity contribution in [2.24, 2.45) is 0 Å². The van der Waals surface area contributed by atoms with Crippen LogP contribution in [0.1, 0.15) is 6.92 Å². The summed E-state index contributed by atoms with van der Waals surface area (Å²) in [5, 5.41) is 0. The molecule has 0 aliphatic carbocycles. The molecular weight excluding hydrogens is 110 g/mol. The summed E-state index contributed by atoms with van der Waals surface area (Å²) < 4.78 is 2.06. The molecule has 1 nitrogen and oxygen atoms in total. The van der Waals surface area contributed by atoms with Gasteiger partial charge in [0.2, 0.25) is 0 Å². The molecule has 0 N–H and O–H groups in total. The number of allylic oxidation sites excluding steroid dienone is 3. The molecule has 0 unspecified atom stereocenters. The fraction of sp³-hybridized carbons (Fsp3) is 0.375. The maximum Gasteiger partial charge on any atom is 0.172 e. The van der Waals surface area contributed by atoms with E-state index in [0.717, 1.165) is 0 Å². The summed E-state index contributed by atoms with van der Waals surface area (Å²) in [5.74, 6) is 0. The minimum Gasteiger partial charge on any atom is -0.239 e. The van der Waals surface area contributed by atoms with Crippen LogP contribution in [0.25, 0.3) is 0 Å². The normalized spacial score (nSPS) is 9.67. The zero-order chi connectivity index (χ0) is 7.28. The van der Waals surface area contributed by atoms with Crippen LogP contribution in [0.5, 0.6) is 0 Å². The molecule has 0 aliphatic heterocycles. The van der Waals surface area contributed by atoms with Crippen molar-refractivity contribution in [3.05, 3.63) is 24.8 Å². The number of nitrogens with zero attached hydrogens (tertiary/aromatic N) is 1. The Morgan fingerprint density at radius 3 is 2.33 bits per heavy atom. The van der Waals surface area contributed by atoms with Crippen LogP contribution in [0, 0.1) is 0 Å². The first kappa shape index (κ1) is 8.15. The smallest absolute Gasteiger partial charge is 0.172 e. The van der Waals surface area contributed by atoms with Gasteiger partial charge in [0, 0.05) is 13.0 Å². The van der Waals surface area contributed by atoms with Crippen LogP contribution in [0.4, 0.5) is 0 Å². The van der Waals surface area contributed by atoms with Gasteiger partial charge < -0.3 is 0 Å². The number of hydrogen-bond donors (Lipinski definition) is 0. The van der Waals surface area contributed by atoms with Crippen LogP contribution in [0.15, 0.2) is 24.8 Å². The molecule has 0 rings (SSSR count). The van der Waals surface area contributed by atoms with E-state index in [1.54, 1.807) is 6.08 Å².